The Morgan fingerprint density at radius 3 is 2.71 bits per heavy atom. The SMILES string of the molecule is CC(C)C(=O)N/C(=N\O)N1CCN(c2ncc(OCc3ccncc3Br)cn2)C(C)C1. The van der Waals surface area contributed by atoms with E-state index in [0.717, 1.165) is 10.0 Å². The summed E-state index contributed by atoms with van der Waals surface area (Å²) in [4.78, 5) is 28.8. The van der Waals surface area contributed by atoms with Crippen LogP contribution >= 0.6 is 15.9 Å². The van der Waals surface area contributed by atoms with Gasteiger partial charge in [0.1, 0.15) is 6.61 Å². The number of hydrogen-bond donors (Lipinski definition) is 2. The van der Waals surface area contributed by atoms with Crippen molar-refractivity contribution in [2.24, 2.45) is 11.1 Å². The Balaban J connectivity index is 1.58. The molecular formula is C20H26BrN7O3. The van der Waals surface area contributed by atoms with Crippen LogP contribution in [0.2, 0.25) is 0 Å². The topological polar surface area (TPSA) is 116 Å². The van der Waals surface area contributed by atoms with E-state index in [4.69, 9.17) is 4.74 Å². The van der Waals surface area contributed by atoms with Crippen LogP contribution in [0, 0.1) is 5.92 Å². The fourth-order valence-corrected chi connectivity index (χ4v) is 3.45. The molecular weight excluding hydrogens is 466 g/mol. The van der Waals surface area contributed by atoms with E-state index < -0.39 is 0 Å². The average Bonchev–Trinajstić information content (AvgIpc) is 2.77. The maximum absolute atomic E-state index is 11.9. The Bertz CT molecular complexity index is 923. The fourth-order valence-electron chi connectivity index (χ4n) is 3.08. The van der Waals surface area contributed by atoms with Crippen LogP contribution in [0.1, 0.15) is 26.3 Å². The van der Waals surface area contributed by atoms with E-state index in [0.29, 0.717) is 37.9 Å². The number of guanidine groups is 1. The lowest BCUT2D eigenvalue weighted by atomic mass is 10.2. The highest BCUT2D eigenvalue weighted by Crippen LogP contribution is 2.20. The first-order chi connectivity index (χ1) is 14.9. The molecule has 0 spiro atoms. The number of piperazine rings is 1. The Labute approximate surface area is 189 Å². The van der Waals surface area contributed by atoms with Gasteiger partial charge in [0.2, 0.25) is 17.8 Å². The van der Waals surface area contributed by atoms with Crippen LogP contribution in [0.3, 0.4) is 0 Å². The van der Waals surface area contributed by atoms with Gasteiger partial charge in [0, 0.05) is 54.0 Å². The molecule has 0 aliphatic carbocycles. The van der Waals surface area contributed by atoms with E-state index in [1.54, 1.807) is 38.6 Å². The van der Waals surface area contributed by atoms with Crippen molar-refractivity contribution in [2.75, 3.05) is 24.5 Å². The van der Waals surface area contributed by atoms with Gasteiger partial charge >= 0.3 is 0 Å². The van der Waals surface area contributed by atoms with Gasteiger partial charge in [-0.3, -0.25) is 15.1 Å². The molecule has 1 fully saturated rings. The molecule has 1 unspecified atom stereocenters. The first kappa shape index (κ1) is 22.7. The monoisotopic (exact) mass is 491 g/mol. The van der Waals surface area contributed by atoms with Crippen LogP contribution in [-0.2, 0) is 11.4 Å². The number of carbonyl (C=O) groups is 1. The molecule has 0 radical (unpaired) electrons. The fraction of sp³-hybridized carbons (Fsp3) is 0.450. The number of pyridine rings is 1. The molecule has 166 valence electrons. The number of ether oxygens (including phenoxy) is 1. The minimum Gasteiger partial charge on any atom is -0.486 e. The number of rotatable bonds is 5. The van der Waals surface area contributed by atoms with Crippen LogP contribution in [-0.4, -0.2) is 62.6 Å². The second-order valence-corrected chi connectivity index (χ2v) is 8.38. The summed E-state index contributed by atoms with van der Waals surface area (Å²) < 4.78 is 6.65. The number of amides is 1. The number of aromatic nitrogens is 3. The van der Waals surface area contributed by atoms with Crippen LogP contribution in [0.25, 0.3) is 0 Å². The van der Waals surface area contributed by atoms with Crippen LogP contribution in [0.4, 0.5) is 5.95 Å². The van der Waals surface area contributed by atoms with Crippen LogP contribution in [0.15, 0.2) is 40.5 Å². The number of nitrogens with one attached hydrogen (secondary N) is 1. The van der Waals surface area contributed by atoms with Gasteiger partial charge in [0.15, 0.2) is 5.75 Å². The first-order valence-corrected chi connectivity index (χ1v) is 10.8. The normalized spacial score (nSPS) is 17.1. The van der Waals surface area contributed by atoms with Gasteiger partial charge < -0.3 is 19.7 Å². The van der Waals surface area contributed by atoms with E-state index >= 15 is 0 Å². The third-order valence-electron chi connectivity index (χ3n) is 4.90. The lowest BCUT2D eigenvalue weighted by Crippen LogP contribution is -2.57. The number of halogens is 1. The molecule has 11 heteroatoms. The van der Waals surface area contributed by atoms with E-state index in [-0.39, 0.29) is 23.8 Å². The van der Waals surface area contributed by atoms with E-state index in [9.17, 15) is 10.0 Å². The molecule has 0 bridgehead atoms. The van der Waals surface area contributed by atoms with E-state index in [1.807, 2.05) is 17.9 Å². The summed E-state index contributed by atoms with van der Waals surface area (Å²) in [5.41, 5.74) is 0.981. The van der Waals surface area contributed by atoms with Crippen molar-refractivity contribution in [3.05, 3.63) is 40.9 Å². The number of anilines is 1. The lowest BCUT2D eigenvalue weighted by molar-refractivity contribution is -0.122. The van der Waals surface area contributed by atoms with Crippen LogP contribution in [0.5, 0.6) is 5.75 Å². The standard InChI is InChI=1S/C20H26BrN7O3/c1-13(2)18(29)25-20(26-30)27-6-7-28(14(3)11-27)19-23-8-16(9-24-19)31-12-15-4-5-22-10-17(15)21/h4-5,8-10,13-14,30H,6-7,11-12H2,1-3H3,(H,25,26,29). The molecule has 2 aromatic heterocycles. The molecule has 2 N–H and O–H groups in total. The van der Waals surface area contributed by atoms with Crippen molar-refractivity contribution in [1.82, 2.24) is 25.2 Å². The molecule has 1 aliphatic heterocycles. The van der Waals surface area contributed by atoms with Crippen molar-refractivity contribution in [2.45, 2.75) is 33.4 Å². The molecule has 3 rings (SSSR count). The third kappa shape index (κ3) is 5.81. The first-order valence-electron chi connectivity index (χ1n) is 9.96. The molecule has 0 saturated carbocycles. The summed E-state index contributed by atoms with van der Waals surface area (Å²) >= 11 is 3.45. The molecule has 3 heterocycles. The third-order valence-corrected chi connectivity index (χ3v) is 5.62. The predicted molar refractivity (Wildman–Crippen MR) is 119 cm³/mol. The molecule has 0 aromatic carbocycles. The Morgan fingerprint density at radius 2 is 2.10 bits per heavy atom. The summed E-state index contributed by atoms with van der Waals surface area (Å²) in [5, 5.41) is 15.3. The minimum absolute atomic E-state index is 0.0426. The van der Waals surface area contributed by atoms with Gasteiger partial charge in [-0.05, 0) is 28.9 Å². The smallest absolute Gasteiger partial charge is 0.242 e. The molecule has 1 atom stereocenters. The maximum Gasteiger partial charge on any atom is 0.242 e. The number of carbonyl (C=O) groups excluding carboxylic acids is 1. The number of oxime groups is 1. The minimum atomic E-state index is -0.204. The highest BCUT2D eigenvalue weighted by molar-refractivity contribution is 9.10. The van der Waals surface area contributed by atoms with Crippen molar-refractivity contribution in [1.29, 1.82) is 0 Å². The van der Waals surface area contributed by atoms with Crippen molar-refractivity contribution < 1.29 is 14.7 Å². The quantitative estimate of drug-likeness (QED) is 0.283. The summed E-state index contributed by atoms with van der Waals surface area (Å²) in [6, 6.07) is 1.93. The molecule has 1 saturated heterocycles. The summed E-state index contributed by atoms with van der Waals surface area (Å²) in [7, 11) is 0. The van der Waals surface area contributed by atoms with Gasteiger partial charge in [-0.2, -0.15) is 0 Å². The maximum atomic E-state index is 11.9. The van der Waals surface area contributed by atoms with Gasteiger partial charge in [0.05, 0.1) is 12.4 Å². The largest absolute Gasteiger partial charge is 0.486 e. The number of nitrogens with zero attached hydrogens (tertiary/aromatic N) is 6. The second kappa shape index (κ2) is 10.4. The van der Waals surface area contributed by atoms with Crippen molar-refractivity contribution >= 4 is 33.7 Å². The van der Waals surface area contributed by atoms with Gasteiger partial charge in [-0.1, -0.05) is 19.0 Å². The van der Waals surface area contributed by atoms with E-state index in [1.165, 1.54) is 0 Å². The van der Waals surface area contributed by atoms with E-state index in [2.05, 4.69) is 46.3 Å². The Morgan fingerprint density at radius 1 is 1.35 bits per heavy atom. The Kier molecular flexibility index (Phi) is 7.61. The van der Waals surface area contributed by atoms with Crippen molar-refractivity contribution in [3.8, 4) is 5.75 Å². The van der Waals surface area contributed by atoms with Crippen LogP contribution < -0.4 is 15.0 Å². The second-order valence-electron chi connectivity index (χ2n) is 7.53. The summed E-state index contributed by atoms with van der Waals surface area (Å²) in [5.74, 6) is 0.935. The zero-order chi connectivity index (χ0) is 22.4. The van der Waals surface area contributed by atoms with Gasteiger partial charge in [0.25, 0.3) is 0 Å². The highest BCUT2D eigenvalue weighted by atomic mass is 79.9. The van der Waals surface area contributed by atoms with Gasteiger partial charge in [-0.15, -0.1) is 0 Å². The molecule has 10 nitrogen and oxygen atoms in total. The molecule has 31 heavy (non-hydrogen) atoms. The number of hydrogen-bond acceptors (Lipinski definition) is 8. The molecule has 2 aromatic rings. The molecule has 1 amide bonds. The zero-order valence-electron chi connectivity index (χ0n) is 17.7. The summed E-state index contributed by atoms with van der Waals surface area (Å²) in [6.45, 7) is 7.69. The Hall–Kier alpha value is -2.95. The predicted octanol–water partition coefficient (Wildman–Crippen LogP) is 2.24. The molecule has 1 aliphatic rings. The lowest BCUT2D eigenvalue weighted by Gasteiger charge is -2.40. The zero-order valence-corrected chi connectivity index (χ0v) is 19.3. The van der Waals surface area contributed by atoms with Crippen molar-refractivity contribution in [3.63, 3.8) is 0 Å². The highest BCUT2D eigenvalue weighted by Gasteiger charge is 2.28. The van der Waals surface area contributed by atoms with Gasteiger partial charge in [-0.25, -0.2) is 9.97 Å². The summed E-state index contributed by atoms with van der Waals surface area (Å²) in [6.07, 6.45) is 6.74. The average molecular weight is 492 g/mol.